The molecule has 0 radical (unpaired) electrons. The average molecular weight is 344 g/mol. The van der Waals surface area contributed by atoms with Crippen LogP contribution >= 0.6 is 0 Å². The summed E-state index contributed by atoms with van der Waals surface area (Å²) >= 11 is 0. The molecule has 0 N–H and O–H groups in total. The predicted octanol–water partition coefficient (Wildman–Crippen LogP) is 2.62. The number of carbonyl (C=O) groups is 2. The lowest BCUT2D eigenvalue weighted by Crippen LogP contribution is -2.51. The molecule has 2 aliphatic heterocycles. The minimum absolute atomic E-state index is 0.0500. The Balaban J connectivity index is 1.70. The summed E-state index contributed by atoms with van der Waals surface area (Å²) in [5.74, 6) is 0.823. The second-order valence-corrected chi connectivity index (χ2v) is 8.01. The third-order valence-corrected chi connectivity index (χ3v) is 5.50. The van der Waals surface area contributed by atoms with Crippen LogP contribution in [0.5, 0.6) is 5.75 Å². The molecular formula is C20H28N2O3. The van der Waals surface area contributed by atoms with Crippen LogP contribution in [0, 0.1) is 12.3 Å². The van der Waals surface area contributed by atoms with Crippen LogP contribution in [0.2, 0.25) is 0 Å². The first kappa shape index (κ1) is 17.8. The van der Waals surface area contributed by atoms with Crippen molar-refractivity contribution in [1.82, 2.24) is 9.80 Å². The van der Waals surface area contributed by atoms with Gasteiger partial charge in [0.15, 0.2) is 5.60 Å². The number of benzene rings is 1. The molecule has 0 bridgehead atoms. The maximum Gasteiger partial charge on any atom is 0.266 e. The number of amides is 2. The van der Waals surface area contributed by atoms with E-state index in [1.54, 1.807) is 13.8 Å². The highest BCUT2D eigenvalue weighted by Gasteiger charge is 2.50. The van der Waals surface area contributed by atoms with Gasteiger partial charge in [-0.25, -0.2) is 0 Å². The molecule has 5 nitrogen and oxygen atoms in total. The number of piperidine rings is 1. The van der Waals surface area contributed by atoms with E-state index in [2.05, 4.69) is 0 Å². The Morgan fingerprint density at radius 1 is 1.16 bits per heavy atom. The monoisotopic (exact) mass is 344 g/mol. The zero-order valence-corrected chi connectivity index (χ0v) is 15.7. The smallest absolute Gasteiger partial charge is 0.266 e. The molecule has 25 heavy (non-hydrogen) atoms. The Kier molecular flexibility index (Phi) is 4.52. The fourth-order valence-electron chi connectivity index (χ4n) is 4.02. The Bertz CT molecular complexity index is 668. The first-order chi connectivity index (χ1) is 11.7. The van der Waals surface area contributed by atoms with Crippen molar-refractivity contribution >= 4 is 11.8 Å². The lowest BCUT2D eigenvalue weighted by molar-refractivity contribution is -0.148. The van der Waals surface area contributed by atoms with E-state index < -0.39 is 5.60 Å². The number of carbonyl (C=O) groups excluding carboxylic acids is 2. The summed E-state index contributed by atoms with van der Waals surface area (Å²) in [6.07, 6.45) is 2.63. The van der Waals surface area contributed by atoms with Crippen molar-refractivity contribution in [1.29, 1.82) is 0 Å². The second kappa shape index (κ2) is 6.36. The first-order valence-electron chi connectivity index (χ1n) is 9.04. The molecule has 1 atom stereocenters. The van der Waals surface area contributed by atoms with Crippen molar-refractivity contribution in [2.75, 3.05) is 26.7 Å². The SMILES string of the molecule is Cc1ccc(OC(C)(C)C(=O)N2CC[C@@]3(CCCN(C)C3=O)C2)cc1. The van der Waals surface area contributed by atoms with E-state index in [0.29, 0.717) is 18.8 Å². The van der Waals surface area contributed by atoms with Crippen molar-refractivity contribution in [2.24, 2.45) is 5.41 Å². The van der Waals surface area contributed by atoms with Crippen LogP contribution in [0.3, 0.4) is 0 Å². The standard InChI is InChI=1S/C20H28N2O3/c1-15-6-8-16(9-7-15)25-19(2,3)17(23)22-13-11-20(14-22)10-5-12-21(4)18(20)24/h6-9H,5,10-14H2,1-4H3/t20-/m0/s1. The van der Waals surface area contributed by atoms with Crippen LogP contribution in [0.25, 0.3) is 0 Å². The van der Waals surface area contributed by atoms with Gasteiger partial charge in [0.2, 0.25) is 5.91 Å². The van der Waals surface area contributed by atoms with Gasteiger partial charge < -0.3 is 14.5 Å². The Labute approximate surface area is 149 Å². The van der Waals surface area contributed by atoms with Crippen molar-refractivity contribution < 1.29 is 14.3 Å². The van der Waals surface area contributed by atoms with E-state index in [4.69, 9.17) is 4.74 Å². The lowest BCUT2D eigenvalue weighted by atomic mass is 9.78. The number of hydrogen-bond donors (Lipinski definition) is 0. The summed E-state index contributed by atoms with van der Waals surface area (Å²) in [6, 6.07) is 7.71. The Morgan fingerprint density at radius 3 is 2.52 bits per heavy atom. The van der Waals surface area contributed by atoms with E-state index in [9.17, 15) is 9.59 Å². The third-order valence-electron chi connectivity index (χ3n) is 5.50. The Morgan fingerprint density at radius 2 is 1.84 bits per heavy atom. The van der Waals surface area contributed by atoms with Gasteiger partial charge in [0, 0.05) is 26.7 Å². The third kappa shape index (κ3) is 3.37. The molecule has 0 unspecified atom stereocenters. The number of aryl methyl sites for hydroxylation is 1. The molecule has 2 fully saturated rings. The molecule has 2 saturated heterocycles. The molecule has 2 amide bonds. The van der Waals surface area contributed by atoms with Crippen LogP contribution in [0.15, 0.2) is 24.3 Å². The van der Waals surface area contributed by atoms with E-state index in [0.717, 1.165) is 31.4 Å². The van der Waals surface area contributed by atoms with Gasteiger partial charge in [-0.3, -0.25) is 9.59 Å². The van der Waals surface area contributed by atoms with Crippen molar-refractivity contribution in [3.05, 3.63) is 29.8 Å². The fourth-order valence-corrected chi connectivity index (χ4v) is 4.02. The molecular weight excluding hydrogens is 316 g/mol. The number of ether oxygens (including phenoxy) is 1. The molecule has 2 heterocycles. The van der Waals surface area contributed by atoms with Crippen LogP contribution in [-0.2, 0) is 9.59 Å². The van der Waals surface area contributed by atoms with Gasteiger partial charge in [0.1, 0.15) is 5.75 Å². The maximum atomic E-state index is 13.0. The van der Waals surface area contributed by atoms with E-state index in [1.807, 2.05) is 48.0 Å². The zero-order chi connectivity index (χ0) is 18.2. The van der Waals surface area contributed by atoms with E-state index >= 15 is 0 Å². The topological polar surface area (TPSA) is 49.9 Å². The summed E-state index contributed by atoms with van der Waals surface area (Å²) in [6.45, 7) is 7.57. The van der Waals surface area contributed by atoms with Crippen LogP contribution in [0.1, 0.15) is 38.7 Å². The molecule has 1 aromatic carbocycles. The van der Waals surface area contributed by atoms with Gasteiger partial charge in [-0.05, 0) is 52.2 Å². The summed E-state index contributed by atoms with van der Waals surface area (Å²) < 4.78 is 5.97. The normalized spacial score (nSPS) is 24.1. The molecule has 1 spiro atoms. The predicted molar refractivity (Wildman–Crippen MR) is 96.4 cm³/mol. The average Bonchev–Trinajstić information content (AvgIpc) is 2.99. The Hall–Kier alpha value is -2.04. The number of hydrogen-bond acceptors (Lipinski definition) is 3. The highest BCUT2D eigenvalue weighted by atomic mass is 16.5. The molecule has 0 aliphatic carbocycles. The largest absolute Gasteiger partial charge is 0.478 e. The van der Waals surface area contributed by atoms with Crippen LogP contribution < -0.4 is 4.74 Å². The molecule has 5 heteroatoms. The number of rotatable bonds is 3. The van der Waals surface area contributed by atoms with Gasteiger partial charge in [-0.1, -0.05) is 17.7 Å². The van der Waals surface area contributed by atoms with Gasteiger partial charge in [-0.2, -0.15) is 0 Å². The molecule has 0 saturated carbocycles. The van der Waals surface area contributed by atoms with Gasteiger partial charge in [-0.15, -0.1) is 0 Å². The quantitative estimate of drug-likeness (QED) is 0.847. The highest BCUT2D eigenvalue weighted by Crippen LogP contribution is 2.40. The molecule has 3 rings (SSSR count). The van der Waals surface area contributed by atoms with Crippen molar-refractivity contribution in [2.45, 2.75) is 45.6 Å². The summed E-state index contributed by atoms with van der Waals surface area (Å²) in [4.78, 5) is 29.3. The number of nitrogens with zero attached hydrogens (tertiary/aromatic N) is 2. The maximum absolute atomic E-state index is 13.0. The number of likely N-dealkylation sites (tertiary alicyclic amines) is 2. The minimum atomic E-state index is -0.954. The first-order valence-corrected chi connectivity index (χ1v) is 9.04. The van der Waals surface area contributed by atoms with Crippen LogP contribution in [-0.4, -0.2) is 53.9 Å². The van der Waals surface area contributed by atoms with Crippen molar-refractivity contribution in [3.8, 4) is 5.75 Å². The minimum Gasteiger partial charge on any atom is -0.478 e. The van der Waals surface area contributed by atoms with Gasteiger partial charge in [0.25, 0.3) is 5.91 Å². The van der Waals surface area contributed by atoms with Gasteiger partial charge in [0.05, 0.1) is 5.41 Å². The molecule has 2 aliphatic rings. The molecule has 1 aromatic rings. The fraction of sp³-hybridized carbons (Fsp3) is 0.600. The summed E-state index contributed by atoms with van der Waals surface area (Å²) in [7, 11) is 1.86. The van der Waals surface area contributed by atoms with Crippen molar-refractivity contribution in [3.63, 3.8) is 0 Å². The lowest BCUT2D eigenvalue weighted by Gasteiger charge is -2.38. The zero-order valence-electron chi connectivity index (χ0n) is 15.7. The highest BCUT2D eigenvalue weighted by molar-refractivity contribution is 5.88. The van der Waals surface area contributed by atoms with Crippen LogP contribution in [0.4, 0.5) is 0 Å². The van der Waals surface area contributed by atoms with E-state index in [-0.39, 0.29) is 17.2 Å². The molecule has 0 aromatic heterocycles. The van der Waals surface area contributed by atoms with E-state index in [1.165, 1.54) is 0 Å². The second-order valence-electron chi connectivity index (χ2n) is 8.01. The summed E-state index contributed by atoms with van der Waals surface area (Å²) in [5.41, 5.74) is -0.189. The molecule has 136 valence electrons. The summed E-state index contributed by atoms with van der Waals surface area (Å²) in [5, 5.41) is 0. The van der Waals surface area contributed by atoms with Gasteiger partial charge >= 0.3 is 0 Å².